The van der Waals surface area contributed by atoms with E-state index in [-0.39, 0.29) is 13.2 Å². The van der Waals surface area contributed by atoms with Crippen LogP contribution in [0.15, 0.2) is 83.5 Å². The summed E-state index contributed by atoms with van der Waals surface area (Å²) in [6.45, 7) is 5.06. The fraction of sp³-hybridized carbons (Fsp3) is 0.357. The van der Waals surface area contributed by atoms with E-state index in [1.165, 1.54) is 11.2 Å². The zero-order valence-corrected chi connectivity index (χ0v) is 21.4. The average Bonchev–Trinajstić information content (AvgIpc) is 3.40. The first-order chi connectivity index (χ1) is 17.6. The predicted molar refractivity (Wildman–Crippen MR) is 138 cm³/mol. The highest BCUT2D eigenvalue weighted by atomic mass is 16.6. The number of carbonyl (C=O) groups excluding carboxylic acids is 2. The Kier molecular flexibility index (Phi) is 9.71. The van der Waals surface area contributed by atoms with Crippen molar-refractivity contribution in [2.75, 3.05) is 6.54 Å². The smallest absolute Gasteiger partial charge is 0.412 e. The summed E-state index contributed by atoms with van der Waals surface area (Å²) in [5.74, 6) is 0.327. The lowest BCUT2D eigenvalue weighted by Gasteiger charge is -2.34. The maximum Gasteiger partial charge on any atom is 0.412 e. The first-order valence-corrected chi connectivity index (χ1v) is 12.1. The number of nitrogens with two attached hydrogens (primary N) is 1. The van der Waals surface area contributed by atoms with Crippen LogP contribution in [0.1, 0.15) is 43.8 Å². The van der Waals surface area contributed by atoms with Crippen molar-refractivity contribution in [3.8, 4) is 0 Å². The molecule has 0 saturated carbocycles. The molecule has 3 atom stereocenters. The van der Waals surface area contributed by atoms with Crippen molar-refractivity contribution in [1.29, 1.82) is 0 Å². The molecule has 9 heteroatoms. The second-order valence-corrected chi connectivity index (χ2v) is 9.66. The molecule has 4 N–H and O–H groups in total. The number of ether oxygens (including phenoxy) is 2. The molecule has 0 fully saturated rings. The third-order valence-corrected chi connectivity index (χ3v) is 5.46. The normalized spacial score (nSPS) is 13.8. The van der Waals surface area contributed by atoms with Gasteiger partial charge in [0.2, 0.25) is 0 Å². The summed E-state index contributed by atoms with van der Waals surface area (Å²) in [6, 6.07) is 21.2. The fourth-order valence-corrected chi connectivity index (χ4v) is 3.63. The van der Waals surface area contributed by atoms with Gasteiger partial charge in [-0.3, -0.25) is 4.90 Å². The summed E-state index contributed by atoms with van der Waals surface area (Å²) < 4.78 is 16.3. The van der Waals surface area contributed by atoms with E-state index in [9.17, 15) is 14.7 Å². The van der Waals surface area contributed by atoms with Gasteiger partial charge in [0.25, 0.3) is 0 Å². The van der Waals surface area contributed by atoms with Gasteiger partial charge >= 0.3 is 12.2 Å². The molecule has 198 valence electrons. The second kappa shape index (κ2) is 12.9. The van der Waals surface area contributed by atoms with Crippen molar-refractivity contribution in [2.24, 2.45) is 5.73 Å². The minimum atomic E-state index is -1.21. The summed E-state index contributed by atoms with van der Waals surface area (Å²) in [5.41, 5.74) is 7.26. The zero-order valence-electron chi connectivity index (χ0n) is 21.4. The van der Waals surface area contributed by atoms with Crippen LogP contribution in [-0.4, -0.2) is 46.5 Å². The van der Waals surface area contributed by atoms with Gasteiger partial charge in [-0.05, 0) is 50.5 Å². The molecular weight excluding hydrogens is 474 g/mol. The number of rotatable bonds is 10. The molecule has 0 saturated heterocycles. The van der Waals surface area contributed by atoms with E-state index in [4.69, 9.17) is 19.6 Å². The summed E-state index contributed by atoms with van der Waals surface area (Å²) in [5, 5.41) is 14.0. The van der Waals surface area contributed by atoms with Gasteiger partial charge < -0.3 is 30.0 Å². The Labute approximate surface area is 217 Å². The first kappa shape index (κ1) is 27.8. The Morgan fingerprint density at radius 3 is 2.19 bits per heavy atom. The van der Waals surface area contributed by atoms with Crippen LogP contribution in [-0.2, 0) is 22.5 Å². The standard InChI is InChI=1S/C28H35N3O6/c1-28(2,3)37-27(34)31(25(29)24-15-10-16-35-24)18-23(32)22(17-20-11-6-4-7-12-20)30-26(33)36-19-21-13-8-5-9-14-21/h4-16,22-23,25,32H,17-19,29H2,1-3H3,(H,30,33)/t22-,23+,25?/m0/s1. The molecule has 0 aliphatic carbocycles. The third kappa shape index (κ3) is 8.96. The molecule has 0 aliphatic heterocycles. The Morgan fingerprint density at radius 1 is 1.00 bits per heavy atom. The third-order valence-electron chi connectivity index (χ3n) is 5.46. The minimum Gasteiger partial charge on any atom is -0.466 e. The number of furan rings is 1. The molecule has 2 aromatic carbocycles. The van der Waals surface area contributed by atoms with Crippen molar-refractivity contribution < 1.29 is 28.6 Å². The molecule has 3 aromatic rings. The Morgan fingerprint density at radius 2 is 1.62 bits per heavy atom. The van der Waals surface area contributed by atoms with Crippen LogP contribution in [0.4, 0.5) is 9.59 Å². The maximum absolute atomic E-state index is 13.1. The Bertz CT molecular complexity index is 1100. The number of aliphatic hydroxyl groups is 1. The number of amides is 2. The number of carbonyl (C=O) groups is 2. The lowest BCUT2D eigenvalue weighted by atomic mass is 10.0. The lowest BCUT2D eigenvalue weighted by Crippen LogP contribution is -2.53. The van der Waals surface area contributed by atoms with E-state index in [2.05, 4.69) is 5.32 Å². The first-order valence-electron chi connectivity index (χ1n) is 12.1. The van der Waals surface area contributed by atoms with Gasteiger partial charge in [0, 0.05) is 0 Å². The molecule has 9 nitrogen and oxygen atoms in total. The number of nitrogens with zero attached hydrogens (tertiary/aromatic N) is 1. The topological polar surface area (TPSA) is 127 Å². The zero-order chi connectivity index (χ0) is 26.8. The molecule has 1 unspecified atom stereocenters. The molecule has 2 amide bonds. The van der Waals surface area contributed by atoms with Crippen LogP contribution < -0.4 is 11.1 Å². The van der Waals surface area contributed by atoms with Crippen LogP contribution in [0, 0.1) is 0 Å². The predicted octanol–water partition coefficient (Wildman–Crippen LogP) is 4.37. The van der Waals surface area contributed by atoms with Crippen molar-refractivity contribution in [3.05, 3.63) is 95.9 Å². The van der Waals surface area contributed by atoms with Gasteiger partial charge in [0.1, 0.15) is 24.1 Å². The molecule has 0 spiro atoms. The van der Waals surface area contributed by atoms with E-state index in [1.54, 1.807) is 32.9 Å². The van der Waals surface area contributed by atoms with E-state index in [0.717, 1.165) is 11.1 Å². The number of aliphatic hydroxyl groups excluding tert-OH is 1. The van der Waals surface area contributed by atoms with Gasteiger partial charge in [0.05, 0.1) is 25.0 Å². The molecule has 0 aliphatic rings. The summed E-state index contributed by atoms with van der Waals surface area (Å²) in [4.78, 5) is 26.9. The van der Waals surface area contributed by atoms with Gasteiger partial charge in [-0.25, -0.2) is 9.59 Å². The molecule has 1 aromatic heterocycles. The van der Waals surface area contributed by atoms with Crippen LogP contribution in [0.3, 0.4) is 0 Å². The number of alkyl carbamates (subject to hydrolysis) is 1. The maximum atomic E-state index is 13.1. The molecule has 37 heavy (non-hydrogen) atoms. The molecular formula is C28H35N3O6. The summed E-state index contributed by atoms with van der Waals surface area (Å²) in [7, 11) is 0. The van der Waals surface area contributed by atoms with Crippen molar-refractivity contribution >= 4 is 12.2 Å². The van der Waals surface area contributed by atoms with Crippen molar-refractivity contribution in [3.63, 3.8) is 0 Å². The molecule has 3 rings (SSSR count). The van der Waals surface area contributed by atoms with Gasteiger partial charge in [-0.2, -0.15) is 0 Å². The number of hydrogen-bond acceptors (Lipinski definition) is 7. The summed E-state index contributed by atoms with van der Waals surface area (Å²) >= 11 is 0. The highest BCUT2D eigenvalue weighted by Gasteiger charge is 2.33. The van der Waals surface area contributed by atoms with E-state index < -0.39 is 36.1 Å². The van der Waals surface area contributed by atoms with E-state index >= 15 is 0 Å². The quantitative estimate of drug-likeness (QED) is 0.346. The van der Waals surface area contributed by atoms with Crippen LogP contribution in [0.5, 0.6) is 0 Å². The number of nitrogens with one attached hydrogen (secondary N) is 1. The second-order valence-electron chi connectivity index (χ2n) is 9.66. The van der Waals surface area contributed by atoms with Crippen molar-refractivity contribution in [2.45, 2.75) is 57.7 Å². The molecule has 0 radical (unpaired) electrons. The van der Waals surface area contributed by atoms with Crippen LogP contribution >= 0.6 is 0 Å². The van der Waals surface area contributed by atoms with Crippen LogP contribution in [0.2, 0.25) is 0 Å². The SMILES string of the molecule is CC(C)(C)OC(=O)N(C[C@@H](O)[C@H](Cc1ccccc1)NC(=O)OCc1ccccc1)C(N)c1ccco1. The average molecular weight is 510 g/mol. The van der Waals surface area contributed by atoms with Gasteiger partial charge in [-0.15, -0.1) is 0 Å². The Balaban J connectivity index is 1.77. The highest BCUT2D eigenvalue weighted by molar-refractivity contribution is 5.69. The van der Waals surface area contributed by atoms with Crippen molar-refractivity contribution in [1.82, 2.24) is 10.2 Å². The van der Waals surface area contributed by atoms with Crippen LogP contribution in [0.25, 0.3) is 0 Å². The van der Waals surface area contributed by atoms with Gasteiger partial charge in [0.15, 0.2) is 0 Å². The molecule has 0 bridgehead atoms. The highest BCUT2D eigenvalue weighted by Crippen LogP contribution is 2.21. The minimum absolute atomic E-state index is 0.0776. The van der Waals surface area contributed by atoms with Gasteiger partial charge in [-0.1, -0.05) is 60.7 Å². The fourth-order valence-electron chi connectivity index (χ4n) is 3.63. The summed E-state index contributed by atoms with van der Waals surface area (Å²) in [6.07, 6.45) is -1.90. The largest absolute Gasteiger partial charge is 0.466 e. The monoisotopic (exact) mass is 509 g/mol. The number of hydrogen-bond donors (Lipinski definition) is 3. The Hall–Kier alpha value is -3.82. The lowest BCUT2D eigenvalue weighted by molar-refractivity contribution is -0.00301. The number of benzene rings is 2. The van der Waals surface area contributed by atoms with E-state index in [0.29, 0.717) is 12.2 Å². The van der Waals surface area contributed by atoms with E-state index in [1.807, 2.05) is 60.7 Å². The molecule has 1 heterocycles.